The van der Waals surface area contributed by atoms with E-state index in [1.54, 1.807) is 15.6 Å². The van der Waals surface area contributed by atoms with Gasteiger partial charge in [0.25, 0.3) is 0 Å². The average Bonchev–Trinajstić information content (AvgIpc) is 2.76. The molecule has 0 radical (unpaired) electrons. The standard InChI is InChI=1S/C12H16N2O2S2/c13-6-3-4-11-5-8-17-12(11)10-14-7-1-2-9-18(14,15)16/h5,8H,1-2,6-7,9-10,13H2. The topological polar surface area (TPSA) is 63.4 Å². The first-order valence-electron chi connectivity index (χ1n) is 5.86. The summed E-state index contributed by atoms with van der Waals surface area (Å²) in [6.07, 6.45) is 1.71. The third-order valence-electron chi connectivity index (χ3n) is 2.84. The van der Waals surface area contributed by atoms with Crippen molar-refractivity contribution >= 4 is 21.4 Å². The van der Waals surface area contributed by atoms with Crippen LogP contribution in [-0.4, -0.2) is 31.6 Å². The molecule has 0 bridgehead atoms. The quantitative estimate of drug-likeness (QED) is 0.824. The number of hydrogen-bond donors (Lipinski definition) is 1. The lowest BCUT2D eigenvalue weighted by Crippen LogP contribution is -2.37. The molecule has 0 unspecified atom stereocenters. The molecule has 1 aliphatic heterocycles. The zero-order chi connectivity index (χ0) is 13.0. The van der Waals surface area contributed by atoms with Crippen LogP contribution in [0, 0.1) is 11.8 Å². The van der Waals surface area contributed by atoms with Crippen LogP contribution in [0.25, 0.3) is 0 Å². The molecule has 1 aromatic heterocycles. The second kappa shape index (κ2) is 5.85. The molecule has 4 nitrogen and oxygen atoms in total. The maximum absolute atomic E-state index is 11.9. The van der Waals surface area contributed by atoms with Crippen LogP contribution in [0.5, 0.6) is 0 Å². The van der Waals surface area contributed by atoms with E-state index in [1.807, 2.05) is 11.4 Å². The van der Waals surface area contributed by atoms with Crippen molar-refractivity contribution in [2.75, 3.05) is 18.8 Å². The normalized spacial score (nSPS) is 19.2. The van der Waals surface area contributed by atoms with Gasteiger partial charge in [-0.3, -0.25) is 0 Å². The molecule has 1 saturated heterocycles. The zero-order valence-corrected chi connectivity index (χ0v) is 11.7. The molecule has 0 aromatic carbocycles. The van der Waals surface area contributed by atoms with Crippen molar-refractivity contribution in [2.45, 2.75) is 19.4 Å². The molecule has 0 amide bonds. The molecule has 0 aliphatic carbocycles. The summed E-state index contributed by atoms with van der Waals surface area (Å²) < 4.78 is 25.4. The first kappa shape index (κ1) is 13.6. The number of nitrogens with two attached hydrogens (primary N) is 1. The summed E-state index contributed by atoms with van der Waals surface area (Å²) in [5.41, 5.74) is 6.24. The Balaban J connectivity index is 2.16. The highest BCUT2D eigenvalue weighted by atomic mass is 32.2. The predicted octanol–water partition coefficient (Wildman–Crippen LogP) is 0.984. The fraction of sp³-hybridized carbons (Fsp3) is 0.500. The van der Waals surface area contributed by atoms with E-state index in [1.165, 1.54) is 0 Å². The van der Waals surface area contributed by atoms with Crippen molar-refractivity contribution in [1.29, 1.82) is 0 Å². The third kappa shape index (κ3) is 3.12. The fourth-order valence-corrected chi connectivity index (χ4v) is 4.39. The largest absolute Gasteiger partial charge is 0.320 e. The van der Waals surface area contributed by atoms with Crippen molar-refractivity contribution in [3.63, 3.8) is 0 Å². The van der Waals surface area contributed by atoms with Crippen LogP contribution in [0.4, 0.5) is 0 Å². The summed E-state index contributed by atoms with van der Waals surface area (Å²) in [7, 11) is -3.07. The van der Waals surface area contributed by atoms with Crippen LogP contribution in [0.1, 0.15) is 23.3 Å². The Morgan fingerprint density at radius 3 is 3.00 bits per heavy atom. The summed E-state index contributed by atoms with van der Waals surface area (Å²) in [5.74, 6) is 6.06. The Labute approximate surface area is 112 Å². The maximum atomic E-state index is 11.9. The van der Waals surface area contributed by atoms with E-state index in [4.69, 9.17) is 5.73 Å². The highest BCUT2D eigenvalue weighted by Gasteiger charge is 2.26. The molecule has 0 saturated carbocycles. The van der Waals surface area contributed by atoms with E-state index >= 15 is 0 Å². The summed E-state index contributed by atoms with van der Waals surface area (Å²) in [5, 5.41) is 1.94. The minimum absolute atomic E-state index is 0.266. The third-order valence-corrected chi connectivity index (χ3v) is 5.65. The van der Waals surface area contributed by atoms with Gasteiger partial charge in [-0.2, -0.15) is 4.31 Å². The van der Waals surface area contributed by atoms with Gasteiger partial charge in [-0.25, -0.2) is 8.42 Å². The van der Waals surface area contributed by atoms with E-state index in [9.17, 15) is 8.42 Å². The van der Waals surface area contributed by atoms with Crippen LogP contribution in [0.3, 0.4) is 0 Å². The number of nitrogens with zero attached hydrogens (tertiary/aromatic N) is 1. The van der Waals surface area contributed by atoms with Crippen LogP contribution in [-0.2, 0) is 16.6 Å². The number of thiophene rings is 1. The molecule has 2 rings (SSSR count). The minimum Gasteiger partial charge on any atom is -0.320 e. The summed E-state index contributed by atoms with van der Waals surface area (Å²) in [4.78, 5) is 1.00. The lowest BCUT2D eigenvalue weighted by molar-refractivity contribution is 0.380. The number of hydrogen-bond acceptors (Lipinski definition) is 4. The molecule has 1 aromatic rings. The first-order valence-corrected chi connectivity index (χ1v) is 8.35. The van der Waals surface area contributed by atoms with Crippen molar-refractivity contribution in [3.05, 3.63) is 21.9 Å². The van der Waals surface area contributed by atoms with E-state index in [0.29, 0.717) is 19.6 Å². The zero-order valence-electron chi connectivity index (χ0n) is 10.1. The monoisotopic (exact) mass is 284 g/mol. The Hall–Kier alpha value is -0.870. The van der Waals surface area contributed by atoms with Crippen molar-refractivity contribution in [2.24, 2.45) is 5.73 Å². The molecule has 18 heavy (non-hydrogen) atoms. The minimum atomic E-state index is -3.07. The molecular formula is C12H16N2O2S2. The molecule has 6 heteroatoms. The van der Waals surface area contributed by atoms with Crippen LogP contribution in [0.15, 0.2) is 11.4 Å². The summed E-state index contributed by atoms with van der Waals surface area (Å²) >= 11 is 1.54. The Kier molecular flexibility index (Phi) is 4.40. The molecule has 1 aliphatic rings. The van der Waals surface area contributed by atoms with Gasteiger partial charge in [0.2, 0.25) is 10.0 Å². The maximum Gasteiger partial charge on any atom is 0.214 e. The Morgan fingerprint density at radius 1 is 1.44 bits per heavy atom. The molecule has 2 heterocycles. The number of sulfonamides is 1. The molecule has 2 N–H and O–H groups in total. The lowest BCUT2D eigenvalue weighted by Gasteiger charge is -2.25. The van der Waals surface area contributed by atoms with Gasteiger partial charge in [0.15, 0.2) is 0 Å². The van der Waals surface area contributed by atoms with Gasteiger partial charge in [-0.15, -0.1) is 11.3 Å². The van der Waals surface area contributed by atoms with Gasteiger partial charge in [0, 0.05) is 23.5 Å². The molecular weight excluding hydrogens is 268 g/mol. The summed E-state index contributed by atoms with van der Waals surface area (Å²) in [6.45, 7) is 1.37. The van der Waals surface area contributed by atoms with E-state index < -0.39 is 10.0 Å². The van der Waals surface area contributed by atoms with Crippen LogP contribution in [0.2, 0.25) is 0 Å². The van der Waals surface area contributed by atoms with Gasteiger partial charge in [0.05, 0.1) is 12.3 Å². The second-order valence-corrected chi connectivity index (χ2v) is 7.21. The van der Waals surface area contributed by atoms with Crippen molar-refractivity contribution in [1.82, 2.24) is 4.31 Å². The van der Waals surface area contributed by atoms with Gasteiger partial charge >= 0.3 is 0 Å². The smallest absolute Gasteiger partial charge is 0.214 e. The van der Waals surface area contributed by atoms with E-state index in [-0.39, 0.29) is 5.75 Å². The van der Waals surface area contributed by atoms with Gasteiger partial charge < -0.3 is 5.73 Å². The molecule has 98 valence electrons. The van der Waals surface area contributed by atoms with Gasteiger partial charge in [-0.1, -0.05) is 11.8 Å². The molecule has 0 spiro atoms. The Bertz CT molecular complexity index is 566. The van der Waals surface area contributed by atoms with Crippen LogP contribution < -0.4 is 5.73 Å². The molecule has 0 atom stereocenters. The van der Waals surface area contributed by atoms with Crippen molar-refractivity contribution < 1.29 is 8.42 Å². The van der Waals surface area contributed by atoms with Crippen molar-refractivity contribution in [3.8, 4) is 11.8 Å². The second-order valence-electron chi connectivity index (χ2n) is 4.12. The van der Waals surface area contributed by atoms with Crippen LogP contribution >= 0.6 is 11.3 Å². The highest BCUT2D eigenvalue weighted by Crippen LogP contribution is 2.22. The predicted molar refractivity (Wildman–Crippen MR) is 73.7 cm³/mol. The molecule has 1 fully saturated rings. The first-order chi connectivity index (χ1) is 8.63. The highest BCUT2D eigenvalue weighted by molar-refractivity contribution is 7.89. The number of rotatable bonds is 2. The fourth-order valence-electron chi connectivity index (χ4n) is 1.90. The van der Waals surface area contributed by atoms with Gasteiger partial charge in [0.1, 0.15) is 0 Å². The summed E-state index contributed by atoms with van der Waals surface area (Å²) in [6, 6.07) is 1.92. The SMILES string of the molecule is NCC#Cc1ccsc1CN1CCCCS1(=O)=O. The van der Waals surface area contributed by atoms with E-state index in [2.05, 4.69) is 11.8 Å². The Morgan fingerprint density at radius 2 is 2.28 bits per heavy atom. The van der Waals surface area contributed by atoms with Gasteiger partial charge in [-0.05, 0) is 24.3 Å². The van der Waals surface area contributed by atoms with E-state index in [0.717, 1.165) is 23.3 Å². The lowest BCUT2D eigenvalue weighted by atomic mass is 10.2. The average molecular weight is 284 g/mol.